The molecular weight excluding hydrogens is 351 g/mol. The minimum Gasteiger partial charge on any atom is -0.404 e. The number of alkyl halides is 3. The quantitative estimate of drug-likeness (QED) is 0.859. The van der Waals surface area contributed by atoms with E-state index in [1.165, 1.54) is 18.2 Å². The molecule has 0 saturated heterocycles. The lowest BCUT2D eigenvalue weighted by Gasteiger charge is -2.17. The van der Waals surface area contributed by atoms with Crippen LogP contribution in [0.1, 0.15) is 11.4 Å². The zero-order valence-electron chi connectivity index (χ0n) is 14.6. The number of benzene rings is 1. The first kappa shape index (κ1) is 19.3. The summed E-state index contributed by atoms with van der Waals surface area (Å²) in [6, 6.07) is 4.51. The molecule has 0 unspecified atom stereocenters. The second-order valence-corrected chi connectivity index (χ2v) is 5.59. The summed E-state index contributed by atoms with van der Waals surface area (Å²) in [5, 5.41) is 4.89. The van der Waals surface area contributed by atoms with Gasteiger partial charge in [0.25, 0.3) is 0 Å². The van der Waals surface area contributed by atoms with Gasteiger partial charge in [0.2, 0.25) is 5.95 Å². The van der Waals surface area contributed by atoms with Gasteiger partial charge in [0, 0.05) is 14.1 Å². The standard InChI is InChI=1S/C16H18F3N5O2/c1-9-13(10(2)21-14(20-9)24(3)4)23-15(25)22-11-7-5-6-8-12(11)26-16(17,18)19/h5-8H,1-4H3,(H2,22,23,25). The van der Waals surface area contributed by atoms with E-state index in [1.807, 2.05) is 0 Å². The lowest BCUT2D eigenvalue weighted by atomic mass is 10.2. The Kier molecular flexibility index (Phi) is 5.53. The summed E-state index contributed by atoms with van der Waals surface area (Å²) in [5.41, 5.74) is 1.30. The highest BCUT2D eigenvalue weighted by Crippen LogP contribution is 2.30. The Morgan fingerprint density at radius 2 is 1.65 bits per heavy atom. The number of aromatic nitrogens is 2. The maximum Gasteiger partial charge on any atom is 0.573 e. The van der Waals surface area contributed by atoms with Crippen molar-refractivity contribution >= 4 is 23.4 Å². The monoisotopic (exact) mass is 369 g/mol. The Hall–Kier alpha value is -3.04. The third kappa shape index (κ3) is 4.98. The number of nitrogens with one attached hydrogen (secondary N) is 2. The van der Waals surface area contributed by atoms with Gasteiger partial charge in [0.15, 0.2) is 5.75 Å². The molecule has 26 heavy (non-hydrogen) atoms. The third-order valence-corrected chi connectivity index (χ3v) is 3.26. The van der Waals surface area contributed by atoms with Crippen molar-refractivity contribution in [3.05, 3.63) is 35.7 Å². The van der Waals surface area contributed by atoms with E-state index in [9.17, 15) is 18.0 Å². The zero-order chi connectivity index (χ0) is 19.5. The summed E-state index contributed by atoms with van der Waals surface area (Å²) in [5.74, 6) is -0.0299. The number of nitrogens with zero attached hydrogens (tertiary/aromatic N) is 3. The van der Waals surface area contributed by atoms with Crippen LogP contribution >= 0.6 is 0 Å². The molecule has 0 saturated carbocycles. The molecule has 0 fully saturated rings. The first-order chi connectivity index (χ1) is 12.1. The molecule has 0 aliphatic rings. The van der Waals surface area contributed by atoms with Crippen LogP contribution in [0.25, 0.3) is 0 Å². The summed E-state index contributed by atoms with van der Waals surface area (Å²) in [6.45, 7) is 3.38. The number of ether oxygens (including phenoxy) is 1. The second-order valence-electron chi connectivity index (χ2n) is 5.59. The van der Waals surface area contributed by atoms with Crippen LogP contribution < -0.4 is 20.3 Å². The van der Waals surface area contributed by atoms with Crippen LogP contribution in [0, 0.1) is 13.8 Å². The molecule has 1 aromatic heterocycles. The topological polar surface area (TPSA) is 79.4 Å². The highest BCUT2D eigenvalue weighted by atomic mass is 19.4. The first-order valence-corrected chi connectivity index (χ1v) is 7.52. The summed E-state index contributed by atoms with van der Waals surface area (Å²) in [6.07, 6.45) is -4.86. The minimum absolute atomic E-state index is 0.122. The third-order valence-electron chi connectivity index (χ3n) is 3.26. The van der Waals surface area contributed by atoms with Crippen molar-refractivity contribution in [1.29, 1.82) is 0 Å². The van der Waals surface area contributed by atoms with E-state index in [2.05, 4.69) is 25.3 Å². The molecule has 0 aliphatic heterocycles. The van der Waals surface area contributed by atoms with Gasteiger partial charge < -0.3 is 20.3 Å². The number of para-hydroxylation sites is 2. The molecule has 2 rings (SSSR count). The fraction of sp³-hybridized carbons (Fsp3) is 0.312. The van der Waals surface area contributed by atoms with Gasteiger partial charge >= 0.3 is 12.4 Å². The first-order valence-electron chi connectivity index (χ1n) is 7.52. The molecule has 0 spiro atoms. The Labute approximate surface area is 148 Å². The van der Waals surface area contributed by atoms with E-state index in [4.69, 9.17) is 0 Å². The smallest absolute Gasteiger partial charge is 0.404 e. The van der Waals surface area contributed by atoms with Gasteiger partial charge in [-0.3, -0.25) is 0 Å². The normalized spacial score (nSPS) is 11.0. The Bertz CT molecular complexity index is 786. The number of carbonyl (C=O) groups excluding carboxylic acids is 1. The number of rotatable bonds is 4. The van der Waals surface area contributed by atoms with Gasteiger partial charge in [-0.2, -0.15) is 0 Å². The maximum atomic E-state index is 12.4. The molecule has 7 nitrogen and oxygen atoms in total. The summed E-state index contributed by atoms with van der Waals surface area (Å²) in [4.78, 5) is 22.4. The van der Waals surface area contributed by atoms with Crippen LogP contribution in [0.2, 0.25) is 0 Å². The molecule has 2 aromatic rings. The average molecular weight is 369 g/mol. The fourth-order valence-corrected chi connectivity index (χ4v) is 2.13. The molecular formula is C16H18F3N5O2. The lowest BCUT2D eigenvalue weighted by molar-refractivity contribution is -0.274. The Morgan fingerprint density at radius 1 is 1.08 bits per heavy atom. The number of carbonyl (C=O) groups is 1. The van der Waals surface area contributed by atoms with E-state index in [0.717, 1.165) is 6.07 Å². The molecule has 2 N–H and O–H groups in total. The SMILES string of the molecule is Cc1nc(N(C)C)nc(C)c1NC(=O)Nc1ccccc1OC(F)(F)F. The van der Waals surface area contributed by atoms with Crippen molar-refractivity contribution in [3.8, 4) is 5.75 Å². The van der Waals surface area contributed by atoms with E-state index in [0.29, 0.717) is 23.0 Å². The van der Waals surface area contributed by atoms with Gasteiger partial charge in [-0.05, 0) is 26.0 Å². The summed E-state index contributed by atoms with van der Waals surface area (Å²) < 4.78 is 41.2. The maximum absolute atomic E-state index is 12.4. The number of hydrogen-bond donors (Lipinski definition) is 2. The predicted molar refractivity (Wildman–Crippen MR) is 91.6 cm³/mol. The second kappa shape index (κ2) is 7.46. The van der Waals surface area contributed by atoms with Crippen molar-refractivity contribution < 1.29 is 22.7 Å². The van der Waals surface area contributed by atoms with Crippen LogP contribution in [0.3, 0.4) is 0 Å². The number of amides is 2. The van der Waals surface area contributed by atoms with Crippen LogP contribution in [0.15, 0.2) is 24.3 Å². The largest absolute Gasteiger partial charge is 0.573 e. The number of anilines is 3. The molecule has 2 amide bonds. The lowest BCUT2D eigenvalue weighted by Crippen LogP contribution is -2.24. The molecule has 0 aliphatic carbocycles. The Balaban J connectivity index is 2.18. The van der Waals surface area contributed by atoms with Gasteiger partial charge in [-0.1, -0.05) is 12.1 Å². The molecule has 140 valence electrons. The number of aryl methyl sites for hydroxylation is 2. The molecule has 1 aromatic carbocycles. The Morgan fingerprint density at radius 3 is 2.19 bits per heavy atom. The number of hydrogen-bond acceptors (Lipinski definition) is 5. The highest BCUT2D eigenvalue weighted by molar-refractivity contribution is 6.01. The predicted octanol–water partition coefficient (Wildman–Crippen LogP) is 3.70. The van der Waals surface area contributed by atoms with Crippen molar-refractivity contribution in [2.75, 3.05) is 29.6 Å². The van der Waals surface area contributed by atoms with Crippen molar-refractivity contribution in [2.24, 2.45) is 0 Å². The number of halogens is 3. The average Bonchev–Trinajstić information content (AvgIpc) is 2.51. The summed E-state index contributed by atoms with van der Waals surface area (Å²) in [7, 11) is 3.57. The van der Waals surface area contributed by atoms with Gasteiger partial charge in [-0.15, -0.1) is 13.2 Å². The highest BCUT2D eigenvalue weighted by Gasteiger charge is 2.32. The van der Waals surface area contributed by atoms with E-state index in [-0.39, 0.29) is 5.69 Å². The van der Waals surface area contributed by atoms with Crippen LogP contribution in [0.5, 0.6) is 5.75 Å². The molecule has 0 bridgehead atoms. The van der Waals surface area contributed by atoms with Crippen molar-refractivity contribution in [3.63, 3.8) is 0 Å². The molecule has 0 atom stereocenters. The van der Waals surface area contributed by atoms with Crippen LogP contribution in [-0.4, -0.2) is 36.5 Å². The number of urea groups is 1. The summed E-state index contributed by atoms with van der Waals surface area (Å²) >= 11 is 0. The zero-order valence-corrected chi connectivity index (χ0v) is 14.6. The van der Waals surface area contributed by atoms with E-state index < -0.39 is 18.1 Å². The molecule has 0 radical (unpaired) electrons. The molecule has 1 heterocycles. The van der Waals surface area contributed by atoms with E-state index in [1.54, 1.807) is 32.8 Å². The fourth-order valence-electron chi connectivity index (χ4n) is 2.13. The van der Waals surface area contributed by atoms with Crippen molar-refractivity contribution in [2.45, 2.75) is 20.2 Å². The minimum atomic E-state index is -4.86. The van der Waals surface area contributed by atoms with Crippen LogP contribution in [0.4, 0.5) is 35.3 Å². The van der Waals surface area contributed by atoms with E-state index >= 15 is 0 Å². The molecule has 10 heteroatoms. The van der Waals surface area contributed by atoms with Gasteiger partial charge in [-0.25, -0.2) is 14.8 Å². The van der Waals surface area contributed by atoms with Crippen LogP contribution in [-0.2, 0) is 0 Å². The van der Waals surface area contributed by atoms with Gasteiger partial charge in [0.1, 0.15) is 0 Å². The van der Waals surface area contributed by atoms with Gasteiger partial charge in [0.05, 0.1) is 22.8 Å². The van der Waals surface area contributed by atoms with Crippen molar-refractivity contribution in [1.82, 2.24) is 9.97 Å².